The summed E-state index contributed by atoms with van der Waals surface area (Å²) in [6, 6.07) is 2.68. The van der Waals surface area contributed by atoms with Crippen LogP contribution < -0.4 is 15.1 Å². The minimum atomic E-state index is -1.20. The van der Waals surface area contributed by atoms with Crippen molar-refractivity contribution in [3.63, 3.8) is 0 Å². The lowest BCUT2D eigenvalue weighted by Crippen LogP contribution is -2.56. The Morgan fingerprint density at radius 3 is 2.75 bits per heavy atom. The first-order valence-corrected chi connectivity index (χ1v) is 9.20. The zero-order valence-electron chi connectivity index (χ0n) is 15.6. The maximum atomic E-state index is 12.1. The van der Waals surface area contributed by atoms with Gasteiger partial charge in [-0.3, -0.25) is 9.59 Å². The fourth-order valence-corrected chi connectivity index (χ4v) is 3.25. The van der Waals surface area contributed by atoms with Crippen molar-refractivity contribution in [3.05, 3.63) is 23.3 Å². The average molecular weight is 390 g/mol. The van der Waals surface area contributed by atoms with Crippen molar-refractivity contribution >= 4 is 24.8 Å². The molecule has 1 saturated heterocycles. The number of carboxylic acid groups (broad SMARTS) is 1. The molecule has 1 aromatic rings. The summed E-state index contributed by atoms with van der Waals surface area (Å²) in [7, 11) is -1.04. The standard InChI is InChI=1S/C18H23BN2O7/c1-10(22)13(20)3-5-15(23)21-8-12(9-21)27-14-4-2-11-6-7-19(26)28-17(11)16(14)18(24)25/h2,4,12-13,26H,3,5-9,20H2,1H3,(H,24,25)/t13-/m0/s1. The number of nitrogens with zero attached hydrogens (tertiary/aromatic N) is 1. The average Bonchev–Trinajstić information content (AvgIpc) is 2.60. The lowest BCUT2D eigenvalue weighted by molar-refractivity contribution is -0.140. The first kappa shape index (κ1) is 20.2. The molecule has 2 aliphatic rings. The van der Waals surface area contributed by atoms with Crippen LogP contribution in [-0.4, -0.2) is 65.0 Å². The molecule has 1 fully saturated rings. The molecule has 150 valence electrons. The van der Waals surface area contributed by atoms with Crippen LogP contribution in [-0.2, 0) is 16.0 Å². The van der Waals surface area contributed by atoms with Crippen LogP contribution >= 0.6 is 0 Å². The number of ketones is 1. The van der Waals surface area contributed by atoms with Crippen LogP contribution in [0, 0.1) is 0 Å². The van der Waals surface area contributed by atoms with Gasteiger partial charge in [0, 0.05) is 6.42 Å². The van der Waals surface area contributed by atoms with Gasteiger partial charge in [0.05, 0.1) is 19.1 Å². The molecule has 0 bridgehead atoms. The molecule has 2 heterocycles. The number of aryl methyl sites for hydroxylation is 1. The van der Waals surface area contributed by atoms with Crippen molar-refractivity contribution < 1.29 is 33.9 Å². The quantitative estimate of drug-likeness (QED) is 0.557. The molecule has 0 aliphatic carbocycles. The van der Waals surface area contributed by atoms with Gasteiger partial charge in [0.2, 0.25) is 5.91 Å². The van der Waals surface area contributed by atoms with E-state index in [0.717, 1.165) is 0 Å². The Kier molecular flexibility index (Phi) is 5.90. The molecule has 0 aromatic heterocycles. The van der Waals surface area contributed by atoms with E-state index < -0.39 is 19.1 Å². The first-order chi connectivity index (χ1) is 13.3. The molecule has 1 aromatic carbocycles. The smallest absolute Gasteiger partial charge is 0.522 e. The summed E-state index contributed by atoms with van der Waals surface area (Å²) in [5, 5.41) is 19.3. The van der Waals surface area contributed by atoms with Gasteiger partial charge in [-0.15, -0.1) is 0 Å². The summed E-state index contributed by atoms with van der Waals surface area (Å²) >= 11 is 0. The zero-order valence-corrected chi connectivity index (χ0v) is 15.6. The molecule has 2 aliphatic heterocycles. The number of likely N-dealkylation sites (tertiary alicyclic amines) is 1. The van der Waals surface area contributed by atoms with Crippen molar-refractivity contribution in [1.82, 2.24) is 4.90 Å². The highest BCUT2D eigenvalue weighted by atomic mass is 16.5. The van der Waals surface area contributed by atoms with Gasteiger partial charge >= 0.3 is 13.1 Å². The van der Waals surface area contributed by atoms with Crippen LogP contribution in [0.3, 0.4) is 0 Å². The van der Waals surface area contributed by atoms with Gasteiger partial charge < -0.3 is 30.2 Å². The van der Waals surface area contributed by atoms with E-state index >= 15 is 0 Å². The fourth-order valence-electron chi connectivity index (χ4n) is 3.25. The molecule has 1 atom stereocenters. The fraction of sp³-hybridized carbons (Fsp3) is 0.500. The first-order valence-electron chi connectivity index (χ1n) is 9.20. The predicted molar refractivity (Wildman–Crippen MR) is 99.4 cm³/mol. The number of benzene rings is 1. The van der Waals surface area contributed by atoms with Gasteiger partial charge in [-0.2, -0.15) is 0 Å². The van der Waals surface area contributed by atoms with Crippen LogP contribution in [0.5, 0.6) is 11.5 Å². The molecule has 1 amide bonds. The van der Waals surface area contributed by atoms with Gasteiger partial charge in [0.25, 0.3) is 0 Å². The van der Waals surface area contributed by atoms with Gasteiger partial charge in [0.1, 0.15) is 28.9 Å². The van der Waals surface area contributed by atoms with Gasteiger partial charge in [0.15, 0.2) is 0 Å². The monoisotopic (exact) mass is 390 g/mol. The third-order valence-electron chi connectivity index (χ3n) is 5.02. The molecule has 0 saturated carbocycles. The van der Waals surface area contributed by atoms with Crippen LogP contribution in [0.15, 0.2) is 12.1 Å². The largest absolute Gasteiger partial charge is 0.535 e. The number of aromatic carboxylic acids is 1. The van der Waals surface area contributed by atoms with E-state index in [2.05, 4.69) is 0 Å². The van der Waals surface area contributed by atoms with Crippen LogP contribution in [0.1, 0.15) is 35.7 Å². The maximum Gasteiger partial charge on any atom is 0.522 e. The minimum Gasteiger partial charge on any atom is -0.535 e. The van der Waals surface area contributed by atoms with Crippen LogP contribution in [0.25, 0.3) is 0 Å². The summed E-state index contributed by atoms with van der Waals surface area (Å²) in [6.07, 6.45) is 1.06. The minimum absolute atomic E-state index is 0.117. The highest BCUT2D eigenvalue weighted by molar-refractivity contribution is 6.44. The van der Waals surface area contributed by atoms with E-state index in [-0.39, 0.29) is 41.3 Å². The Morgan fingerprint density at radius 2 is 2.11 bits per heavy atom. The lowest BCUT2D eigenvalue weighted by Gasteiger charge is -2.39. The highest BCUT2D eigenvalue weighted by Gasteiger charge is 2.35. The molecular formula is C18H23BN2O7. The molecule has 28 heavy (non-hydrogen) atoms. The molecule has 3 rings (SSSR count). The maximum absolute atomic E-state index is 12.1. The molecule has 10 heteroatoms. The number of carbonyl (C=O) groups excluding carboxylic acids is 2. The summed E-state index contributed by atoms with van der Waals surface area (Å²) < 4.78 is 11.1. The van der Waals surface area contributed by atoms with E-state index in [9.17, 15) is 24.5 Å². The number of nitrogens with two attached hydrogens (primary N) is 1. The van der Waals surface area contributed by atoms with Crippen molar-refractivity contribution in [1.29, 1.82) is 0 Å². The van der Waals surface area contributed by atoms with Gasteiger partial charge in [-0.05, 0) is 37.7 Å². The number of fused-ring (bicyclic) bond motifs is 1. The van der Waals surface area contributed by atoms with Crippen molar-refractivity contribution in [2.24, 2.45) is 5.73 Å². The summed E-state index contributed by atoms with van der Waals surface area (Å²) in [5.41, 5.74) is 6.23. The van der Waals surface area contributed by atoms with Crippen molar-refractivity contribution in [2.75, 3.05) is 13.1 Å². The SMILES string of the molecule is CC(=O)[C@@H](N)CCC(=O)N1CC(Oc2ccc3c(c2C(=O)O)OB(O)CC3)C1. The number of carboxylic acids is 1. The Labute approximate surface area is 162 Å². The van der Waals surface area contributed by atoms with E-state index in [1.807, 2.05) is 0 Å². The van der Waals surface area contributed by atoms with E-state index in [4.69, 9.17) is 15.1 Å². The lowest BCUT2D eigenvalue weighted by atomic mass is 9.78. The molecule has 0 spiro atoms. The molecule has 0 radical (unpaired) electrons. The van der Waals surface area contributed by atoms with E-state index in [1.54, 1.807) is 17.0 Å². The van der Waals surface area contributed by atoms with Gasteiger partial charge in [-0.25, -0.2) is 4.79 Å². The normalized spacial score (nSPS) is 17.2. The zero-order chi connectivity index (χ0) is 20.4. The number of hydrogen-bond donors (Lipinski definition) is 3. The number of rotatable bonds is 7. The second kappa shape index (κ2) is 8.20. The number of amides is 1. The predicted octanol–water partition coefficient (Wildman–Crippen LogP) is 0.0863. The Hall–Kier alpha value is -2.59. The topological polar surface area (TPSA) is 139 Å². The summed E-state index contributed by atoms with van der Waals surface area (Å²) in [4.78, 5) is 36.5. The summed E-state index contributed by atoms with van der Waals surface area (Å²) in [5.74, 6) is -1.19. The molecular weight excluding hydrogens is 367 g/mol. The molecule has 9 nitrogen and oxygen atoms in total. The van der Waals surface area contributed by atoms with Gasteiger partial charge in [-0.1, -0.05) is 6.07 Å². The Bertz CT molecular complexity index is 794. The Morgan fingerprint density at radius 1 is 1.39 bits per heavy atom. The highest BCUT2D eigenvalue weighted by Crippen LogP contribution is 2.37. The third kappa shape index (κ3) is 4.28. The molecule has 0 unspecified atom stereocenters. The number of ether oxygens (including phenoxy) is 1. The van der Waals surface area contributed by atoms with Crippen molar-refractivity contribution in [3.8, 4) is 11.5 Å². The van der Waals surface area contributed by atoms with E-state index in [1.165, 1.54) is 6.92 Å². The number of carbonyl (C=O) groups is 3. The van der Waals surface area contributed by atoms with Crippen molar-refractivity contribution in [2.45, 2.75) is 44.7 Å². The third-order valence-corrected chi connectivity index (χ3v) is 5.02. The number of hydrogen-bond acceptors (Lipinski definition) is 7. The van der Waals surface area contributed by atoms with E-state index in [0.29, 0.717) is 37.8 Å². The second-order valence-corrected chi connectivity index (χ2v) is 7.14. The van der Waals surface area contributed by atoms with Crippen LogP contribution in [0.2, 0.25) is 6.32 Å². The molecule has 4 N–H and O–H groups in total. The Balaban J connectivity index is 1.60. The number of Topliss-reactive ketones (excluding diaryl/α,β-unsaturated/α-hetero) is 1. The van der Waals surface area contributed by atoms with Crippen LogP contribution in [0.4, 0.5) is 0 Å². The second-order valence-electron chi connectivity index (χ2n) is 7.14. The summed E-state index contributed by atoms with van der Waals surface area (Å²) in [6.45, 7) is 2.05.